The molecule has 1 aromatic carbocycles. The highest BCUT2D eigenvalue weighted by Crippen LogP contribution is 2.36. The van der Waals surface area contributed by atoms with Gasteiger partial charge in [0.2, 0.25) is 10.0 Å². The minimum absolute atomic E-state index is 0.0332. The van der Waals surface area contributed by atoms with E-state index in [2.05, 4.69) is 9.97 Å². The fraction of sp³-hybridized carbons (Fsp3) is 0.0909. The Balaban J connectivity index is 2.25. The number of sulfonamides is 1. The van der Waals surface area contributed by atoms with Gasteiger partial charge < -0.3 is 4.74 Å². The number of rotatable bonds is 4. The Bertz CT molecular complexity index is 723. The Morgan fingerprint density at radius 3 is 2.40 bits per heavy atom. The molecule has 9 heteroatoms. The summed E-state index contributed by atoms with van der Waals surface area (Å²) in [5.74, 6) is 0.673. The van der Waals surface area contributed by atoms with Crippen molar-refractivity contribution in [3.8, 4) is 5.75 Å². The van der Waals surface area contributed by atoms with Crippen LogP contribution in [0.15, 0.2) is 35.5 Å². The van der Waals surface area contributed by atoms with Crippen molar-refractivity contribution in [3.05, 3.63) is 46.5 Å². The number of aromatic nitrogens is 2. The SMILES string of the molecule is NS(=O)(=O)c1ccc(OCc2ncccn2)c(Cl)c1Cl. The number of hydrogen-bond donors (Lipinski definition) is 1. The maximum Gasteiger partial charge on any atom is 0.239 e. The quantitative estimate of drug-likeness (QED) is 0.923. The Hall–Kier alpha value is -1.41. The second kappa shape index (κ2) is 5.92. The van der Waals surface area contributed by atoms with Crippen molar-refractivity contribution in [2.24, 2.45) is 5.14 Å². The standard InChI is InChI=1S/C11H9Cl2N3O3S/c12-10-7(19-6-9-15-4-1-5-16-9)2-3-8(11(10)13)20(14,17)18/h1-5H,6H2,(H2,14,17,18). The second-order valence-electron chi connectivity index (χ2n) is 3.69. The third-order valence-corrected chi connectivity index (χ3v) is 4.22. The molecule has 1 aromatic heterocycles. The van der Waals surface area contributed by atoms with Gasteiger partial charge in [-0.1, -0.05) is 23.2 Å². The predicted octanol–water partition coefficient (Wildman–Crippen LogP) is 2.01. The summed E-state index contributed by atoms with van der Waals surface area (Å²) >= 11 is 11.8. The molecule has 2 aromatic rings. The number of nitrogens with zero attached hydrogens (tertiary/aromatic N) is 2. The molecule has 0 amide bonds. The molecule has 106 valence electrons. The van der Waals surface area contributed by atoms with Crippen LogP contribution in [0.2, 0.25) is 10.0 Å². The minimum atomic E-state index is -3.94. The molecule has 2 rings (SSSR count). The summed E-state index contributed by atoms with van der Waals surface area (Å²) in [4.78, 5) is 7.69. The predicted molar refractivity (Wildman–Crippen MR) is 74.2 cm³/mol. The first-order chi connectivity index (χ1) is 9.39. The number of primary sulfonamides is 1. The number of halogens is 2. The van der Waals surface area contributed by atoms with E-state index >= 15 is 0 Å². The lowest BCUT2D eigenvalue weighted by molar-refractivity contribution is 0.296. The van der Waals surface area contributed by atoms with E-state index in [1.807, 2.05) is 0 Å². The normalized spacial score (nSPS) is 11.3. The van der Waals surface area contributed by atoms with Crippen LogP contribution < -0.4 is 9.88 Å². The molecule has 0 aliphatic heterocycles. The van der Waals surface area contributed by atoms with Gasteiger partial charge in [-0.15, -0.1) is 0 Å². The number of ether oxygens (including phenoxy) is 1. The molecule has 20 heavy (non-hydrogen) atoms. The van der Waals surface area contributed by atoms with Gasteiger partial charge in [-0.2, -0.15) is 0 Å². The Kier molecular flexibility index (Phi) is 4.44. The number of hydrogen-bond acceptors (Lipinski definition) is 5. The third-order valence-electron chi connectivity index (χ3n) is 2.29. The van der Waals surface area contributed by atoms with E-state index in [0.29, 0.717) is 5.82 Å². The van der Waals surface area contributed by atoms with Gasteiger partial charge in [0.15, 0.2) is 5.82 Å². The van der Waals surface area contributed by atoms with E-state index in [9.17, 15) is 8.42 Å². The summed E-state index contributed by atoms with van der Waals surface area (Å²) in [5.41, 5.74) is 0. The molecule has 6 nitrogen and oxygen atoms in total. The highest BCUT2D eigenvalue weighted by molar-refractivity contribution is 7.89. The van der Waals surface area contributed by atoms with Gasteiger partial charge in [-0.25, -0.2) is 23.5 Å². The average Bonchev–Trinajstić information content (AvgIpc) is 2.40. The van der Waals surface area contributed by atoms with E-state index in [1.165, 1.54) is 12.1 Å². The molecule has 2 N–H and O–H groups in total. The molecule has 0 radical (unpaired) electrons. The highest BCUT2D eigenvalue weighted by atomic mass is 35.5. The van der Waals surface area contributed by atoms with Crippen molar-refractivity contribution >= 4 is 33.2 Å². The largest absolute Gasteiger partial charge is 0.484 e. The van der Waals surface area contributed by atoms with Gasteiger partial charge in [-0.05, 0) is 18.2 Å². The molecule has 0 bridgehead atoms. The smallest absolute Gasteiger partial charge is 0.239 e. The van der Waals surface area contributed by atoms with E-state index in [1.54, 1.807) is 18.5 Å². The number of nitrogens with two attached hydrogens (primary N) is 1. The van der Waals surface area contributed by atoms with Crippen LogP contribution in [0.1, 0.15) is 5.82 Å². The summed E-state index contributed by atoms with van der Waals surface area (Å²) in [7, 11) is -3.94. The lowest BCUT2D eigenvalue weighted by Crippen LogP contribution is -2.13. The van der Waals surface area contributed by atoms with Crippen molar-refractivity contribution in [2.45, 2.75) is 11.5 Å². The zero-order valence-corrected chi connectivity index (χ0v) is 12.3. The molecule has 0 saturated carbocycles. The van der Waals surface area contributed by atoms with Crippen LogP contribution in [-0.4, -0.2) is 18.4 Å². The molecular formula is C11H9Cl2N3O3S. The summed E-state index contributed by atoms with van der Waals surface area (Å²) in [6, 6.07) is 4.27. The van der Waals surface area contributed by atoms with E-state index in [4.69, 9.17) is 33.1 Å². The second-order valence-corrected chi connectivity index (χ2v) is 5.97. The lowest BCUT2D eigenvalue weighted by Gasteiger charge is -2.10. The van der Waals surface area contributed by atoms with Crippen LogP contribution >= 0.6 is 23.2 Å². The molecule has 1 heterocycles. The van der Waals surface area contributed by atoms with Crippen molar-refractivity contribution in [3.63, 3.8) is 0 Å². The van der Waals surface area contributed by atoms with Crippen LogP contribution in [0, 0.1) is 0 Å². The van der Waals surface area contributed by atoms with Gasteiger partial charge >= 0.3 is 0 Å². The molecule has 0 unspecified atom stereocenters. The van der Waals surface area contributed by atoms with Gasteiger partial charge in [0.1, 0.15) is 22.3 Å². The summed E-state index contributed by atoms with van der Waals surface area (Å²) < 4.78 is 27.9. The van der Waals surface area contributed by atoms with Crippen LogP contribution in [-0.2, 0) is 16.6 Å². The summed E-state index contributed by atoms with van der Waals surface area (Å²) in [5, 5.41) is 4.80. The molecule has 0 aliphatic rings. The van der Waals surface area contributed by atoms with Gasteiger partial charge in [-0.3, -0.25) is 0 Å². The summed E-state index contributed by atoms with van der Waals surface area (Å²) in [6.45, 7) is 0.0750. The maximum absolute atomic E-state index is 11.3. The molecule has 0 saturated heterocycles. The Morgan fingerprint density at radius 1 is 1.15 bits per heavy atom. The van der Waals surface area contributed by atoms with Crippen molar-refractivity contribution in [1.29, 1.82) is 0 Å². The third kappa shape index (κ3) is 3.37. The molecule has 0 fully saturated rings. The van der Waals surface area contributed by atoms with Gasteiger partial charge in [0.05, 0.1) is 5.02 Å². The molecule has 0 atom stereocenters. The fourth-order valence-corrected chi connectivity index (χ4v) is 2.76. The van der Waals surface area contributed by atoms with E-state index < -0.39 is 10.0 Å². The topological polar surface area (TPSA) is 95.2 Å². The average molecular weight is 334 g/mol. The van der Waals surface area contributed by atoms with Crippen LogP contribution in [0.5, 0.6) is 5.75 Å². The van der Waals surface area contributed by atoms with Crippen LogP contribution in [0.25, 0.3) is 0 Å². The zero-order valence-electron chi connectivity index (χ0n) is 9.95. The van der Waals surface area contributed by atoms with Crippen molar-refractivity contribution in [2.75, 3.05) is 0 Å². The first kappa shape index (κ1) is 15.0. The lowest BCUT2D eigenvalue weighted by atomic mass is 10.3. The highest BCUT2D eigenvalue weighted by Gasteiger charge is 2.18. The van der Waals surface area contributed by atoms with E-state index in [0.717, 1.165) is 0 Å². The minimum Gasteiger partial charge on any atom is -0.484 e. The number of benzene rings is 1. The van der Waals surface area contributed by atoms with Crippen LogP contribution in [0.4, 0.5) is 0 Å². The Morgan fingerprint density at radius 2 is 1.80 bits per heavy atom. The van der Waals surface area contributed by atoms with Gasteiger partial charge in [0, 0.05) is 12.4 Å². The molecular weight excluding hydrogens is 325 g/mol. The monoisotopic (exact) mass is 333 g/mol. The van der Waals surface area contributed by atoms with E-state index in [-0.39, 0.29) is 27.3 Å². The van der Waals surface area contributed by atoms with Crippen molar-refractivity contribution < 1.29 is 13.2 Å². The van der Waals surface area contributed by atoms with Crippen molar-refractivity contribution in [1.82, 2.24) is 9.97 Å². The zero-order chi connectivity index (χ0) is 14.8. The first-order valence-electron chi connectivity index (χ1n) is 5.29. The van der Waals surface area contributed by atoms with Gasteiger partial charge in [0.25, 0.3) is 0 Å². The summed E-state index contributed by atoms with van der Waals surface area (Å²) in [6.07, 6.45) is 3.15. The first-order valence-corrected chi connectivity index (χ1v) is 7.59. The Labute approximate surface area is 125 Å². The fourth-order valence-electron chi connectivity index (χ4n) is 1.39. The molecule has 0 spiro atoms. The maximum atomic E-state index is 11.3. The molecule has 0 aliphatic carbocycles. The van der Waals surface area contributed by atoms with Crippen LogP contribution in [0.3, 0.4) is 0 Å².